The summed E-state index contributed by atoms with van der Waals surface area (Å²) in [6.45, 7) is 8.25. The fraction of sp³-hybridized carbons (Fsp3) is 0.429. The van der Waals surface area contributed by atoms with Gasteiger partial charge in [-0.05, 0) is 50.6 Å². The maximum Gasteiger partial charge on any atom is 0.516 e. The SMILES string of the molecule is CC(C)(C)OC(=O)[N+]1(C)CCC(c2nc(COc3ccc(OCc4ccccc4)cc3)cs2)CC1. The minimum absolute atomic E-state index is 0.138. The highest BCUT2D eigenvalue weighted by molar-refractivity contribution is 7.09. The summed E-state index contributed by atoms with van der Waals surface area (Å²) in [7, 11) is 1.98. The molecule has 6 nitrogen and oxygen atoms in total. The molecule has 35 heavy (non-hydrogen) atoms. The number of amides is 1. The van der Waals surface area contributed by atoms with Crippen LogP contribution in [0.25, 0.3) is 0 Å². The minimum Gasteiger partial charge on any atom is -0.489 e. The van der Waals surface area contributed by atoms with Crippen molar-refractivity contribution >= 4 is 17.4 Å². The number of likely N-dealkylation sites (tertiary alicyclic amines) is 1. The highest BCUT2D eigenvalue weighted by Crippen LogP contribution is 2.33. The first-order valence-electron chi connectivity index (χ1n) is 12.1. The number of thiazole rings is 1. The first-order valence-corrected chi connectivity index (χ1v) is 13.0. The molecule has 1 aliphatic rings. The molecule has 1 saturated heterocycles. The molecule has 0 radical (unpaired) electrons. The Hall–Kier alpha value is -2.90. The zero-order valence-corrected chi connectivity index (χ0v) is 21.8. The summed E-state index contributed by atoms with van der Waals surface area (Å²) in [5.74, 6) is 1.98. The molecule has 1 aromatic heterocycles. The summed E-state index contributed by atoms with van der Waals surface area (Å²) >= 11 is 1.68. The van der Waals surface area contributed by atoms with Gasteiger partial charge in [0.15, 0.2) is 0 Å². The zero-order chi connectivity index (χ0) is 24.9. The molecule has 0 N–H and O–H groups in total. The number of benzene rings is 2. The third kappa shape index (κ3) is 7.05. The van der Waals surface area contributed by atoms with Gasteiger partial charge in [-0.25, -0.2) is 9.47 Å². The van der Waals surface area contributed by atoms with Gasteiger partial charge in [0.2, 0.25) is 0 Å². The average molecular weight is 496 g/mol. The van der Waals surface area contributed by atoms with Crippen molar-refractivity contribution in [3.05, 3.63) is 76.2 Å². The quantitative estimate of drug-likeness (QED) is 0.348. The third-order valence-corrected chi connectivity index (χ3v) is 7.21. The lowest BCUT2D eigenvalue weighted by Crippen LogP contribution is -2.55. The molecule has 0 atom stereocenters. The van der Waals surface area contributed by atoms with E-state index in [1.807, 2.05) is 82.4 Å². The summed E-state index contributed by atoms with van der Waals surface area (Å²) in [6.07, 6.45) is 1.71. The van der Waals surface area contributed by atoms with Gasteiger partial charge in [-0.3, -0.25) is 0 Å². The molecular weight excluding hydrogens is 460 g/mol. The van der Waals surface area contributed by atoms with E-state index in [1.54, 1.807) is 11.3 Å². The van der Waals surface area contributed by atoms with Crippen molar-refractivity contribution in [2.75, 3.05) is 20.1 Å². The Labute approximate surface area is 212 Å². The van der Waals surface area contributed by atoms with Crippen LogP contribution in [0.15, 0.2) is 60.0 Å². The molecule has 1 fully saturated rings. The van der Waals surface area contributed by atoms with Gasteiger partial charge >= 0.3 is 6.09 Å². The Bertz CT molecular complexity index is 1100. The number of hydrogen-bond acceptors (Lipinski definition) is 6. The van der Waals surface area contributed by atoms with E-state index in [0.29, 0.717) is 23.6 Å². The zero-order valence-electron chi connectivity index (χ0n) is 21.0. The van der Waals surface area contributed by atoms with Crippen molar-refractivity contribution in [3.8, 4) is 11.5 Å². The third-order valence-electron chi connectivity index (χ3n) is 6.15. The normalized spacial score (nSPS) is 20.3. The number of nitrogens with zero attached hydrogens (tertiary/aromatic N) is 2. The molecule has 1 aliphatic heterocycles. The van der Waals surface area contributed by atoms with Gasteiger partial charge < -0.3 is 14.2 Å². The average Bonchev–Trinajstić information content (AvgIpc) is 3.31. The number of ether oxygens (including phenoxy) is 3. The van der Waals surface area contributed by atoms with E-state index in [2.05, 4.69) is 5.38 Å². The van der Waals surface area contributed by atoms with E-state index in [9.17, 15) is 4.79 Å². The van der Waals surface area contributed by atoms with E-state index < -0.39 is 5.60 Å². The van der Waals surface area contributed by atoms with E-state index >= 15 is 0 Å². The van der Waals surface area contributed by atoms with E-state index in [4.69, 9.17) is 19.2 Å². The number of carbonyl (C=O) groups is 1. The molecular formula is C28H35N2O4S+. The lowest BCUT2D eigenvalue weighted by molar-refractivity contribution is -0.844. The first kappa shape index (κ1) is 25.2. The van der Waals surface area contributed by atoms with Crippen LogP contribution in [0.5, 0.6) is 11.5 Å². The smallest absolute Gasteiger partial charge is 0.489 e. The maximum atomic E-state index is 12.6. The Kier molecular flexibility index (Phi) is 7.77. The van der Waals surface area contributed by atoms with Crippen LogP contribution in [0.3, 0.4) is 0 Å². The second-order valence-electron chi connectivity index (χ2n) is 10.3. The van der Waals surface area contributed by atoms with Gasteiger partial charge in [0.25, 0.3) is 0 Å². The predicted molar refractivity (Wildman–Crippen MR) is 138 cm³/mol. The largest absolute Gasteiger partial charge is 0.516 e. The Balaban J connectivity index is 1.24. The van der Waals surface area contributed by atoms with Crippen LogP contribution in [0, 0.1) is 0 Å². The summed E-state index contributed by atoms with van der Waals surface area (Å²) in [5, 5.41) is 3.20. The van der Waals surface area contributed by atoms with Crippen molar-refractivity contribution in [1.82, 2.24) is 4.98 Å². The molecule has 0 saturated carbocycles. The lowest BCUT2D eigenvalue weighted by Gasteiger charge is -2.37. The number of aromatic nitrogens is 1. The van der Waals surface area contributed by atoms with Crippen LogP contribution in [-0.4, -0.2) is 41.3 Å². The van der Waals surface area contributed by atoms with Crippen molar-refractivity contribution < 1.29 is 23.5 Å². The van der Waals surface area contributed by atoms with Gasteiger partial charge in [0.05, 0.1) is 30.8 Å². The molecule has 2 heterocycles. The fourth-order valence-electron chi connectivity index (χ4n) is 4.05. The number of quaternary nitrogens is 1. The number of carbonyl (C=O) groups excluding carboxylic acids is 1. The van der Waals surface area contributed by atoms with Crippen LogP contribution in [0.2, 0.25) is 0 Å². The van der Waals surface area contributed by atoms with E-state index in [-0.39, 0.29) is 6.09 Å². The Morgan fingerprint density at radius 1 is 0.971 bits per heavy atom. The van der Waals surface area contributed by atoms with Crippen LogP contribution < -0.4 is 9.47 Å². The molecule has 2 aromatic carbocycles. The standard InChI is InChI=1S/C28H35N2O4S/c1-28(2,3)34-27(31)30(4)16-14-22(15-17-30)26-29-23(20-35-26)19-33-25-12-10-24(11-13-25)32-18-21-8-6-5-7-9-21/h5-13,20,22H,14-19H2,1-4H3/q+1. The van der Waals surface area contributed by atoms with Crippen molar-refractivity contribution in [1.29, 1.82) is 0 Å². The van der Waals surface area contributed by atoms with Crippen LogP contribution in [-0.2, 0) is 18.0 Å². The van der Waals surface area contributed by atoms with Gasteiger partial charge in [-0.15, -0.1) is 11.3 Å². The molecule has 0 aliphatic carbocycles. The molecule has 186 valence electrons. The molecule has 1 amide bonds. The van der Waals surface area contributed by atoms with Crippen molar-refractivity contribution in [2.24, 2.45) is 0 Å². The molecule has 0 unspecified atom stereocenters. The Morgan fingerprint density at radius 3 is 2.17 bits per heavy atom. The summed E-state index contributed by atoms with van der Waals surface area (Å²) in [5.41, 5.74) is 1.61. The Morgan fingerprint density at radius 2 is 1.57 bits per heavy atom. The molecule has 3 aromatic rings. The topological polar surface area (TPSA) is 57.7 Å². The predicted octanol–water partition coefficient (Wildman–Crippen LogP) is 6.56. The highest BCUT2D eigenvalue weighted by atomic mass is 32.1. The minimum atomic E-state index is -0.463. The number of rotatable bonds is 7. The molecule has 0 bridgehead atoms. The summed E-state index contributed by atoms with van der Waals surface area (Å²) in [6, 6.07) is 17.8. The van der Waals surface area contributed by atoms with Crippen LogP contribution in [0.4, 0.5) is 4.79 Å². The fourth-order valence-corrected chi connectivity index (χ4v) is 5.02. The van der Waals surface area contributed by atoms with E-state index in [1.165, 1.54) is 0 Å². The summed E-state index contributed by atoms with van der Waals surface area (Å²) in [4.78, 5) is 17.5. The van der Waals surface area contributed by atoms with Crippen molar-refractivity contribution in [3.63, 3.8) is 0 Å². The number of piperidine rings is 1. The van der Waals surface area contributed by atoms with Crippen LogP contribution in [0.1, 0.15) is 55.8 Å². The lowest BCUT2D eigenvalue weighted by atomic mass is 9.96. The molecule has 4 rings (SSSR count). The summed E-state index contributed by atoms with van der Waals surface area (Å²) < 4.78 is 17.8. The second kappa shape index (κ2) is 10.8. The molecule has 7 heteroatoms. The molecule has 0 spiro atoms. The number of hydrogen-bond donors (Lipinski definition) is 0. The van der Waals surface area contributed by atoms with Crippen LogP contribution >= 0.6 is 11.3 Å². The van der Waals surface area contributed by atoms with Gasteiger partial charge in [0.1, 0.15) is 30.3 Å². The highest BCUT2D eigenvalue weighted by Gasteiger charge is 2.41. The van der Waals surface area contributed by atoms with E-state index in [0.717, 1.165) is 53.7 Å². The van der Waals surface area contributed by atoms with Gasteiger partial charge in [-0.2, -0.15) is 4.79 Å². The second-order valence-corrected chi connectivity index (χ2v) is 11.2. The van der Waals surface area contributed by atoms with Gasteiger partial charge in [0, 0.05) is 24.1 Å². The van der Waals surface area contributed by atoms with Crippen molar-refractivity contribution in [2.45, 2.75) is 58.3 Å². The maximum absolute atomic E-state index is 12.6. The monoisotopic (exact) mass is 495 g/mol. The van der Waals surface area contributed by atoms with Gasteiger partial charge in [-0.1, -0.05) is 30.3 Å². The first-order chi connectivity index (χ1) is 16.7.